The number of rotatable bonds is 6. The first-order valence-corrected chi connectivity index (χ1v) is 9.90. The van der Waals surface area contributed by atoms with E-state index in [0.29, 0.717) is 11.3 Å². The molecule has 0 radical (unpaired) electrons. The van der Waals surface area contributed by atoms with Crippen molar-refractivity contribution < 1.29 is 18.3 Å². The zero-order chi connectivity index (χ0) is 22.2. The van der Waals surface area contributed by atoms with E-state index in [1.54, 1.807) is 12.3 Å². The predicted molar refractivity (Wildman–Crippen MR) is 116 cm³/mol. The molecule has 31 heavy (non-hydrogen) atoms. The number of benzene rings is 2. The summed E-state index contributed by atoms with van der Waals surface area (Å²) < 4.78 is 31.9. The minimum Gasteiger partial charge on any atom is -0.420 e. The Morgan fingerprint density at radius 3 is 2.55 bits per heavy atom. The number of amides is 1. The van der Waals surface area contributed by atoms with Crippen LogP contribution in [0.5, 0.6) is 5.75 Å². The van der Waals surface area contributed by atoms with Crippen molar-refractivity contribution in [3.63, 3.8) is 0 Å². The summed E-state index contributed by atoms with van der Waals surface area (Å²) in [6.45, 7) is 4.18. The van der Waals surface area contributed by atoms with Gasteiger partial charge in [-0.3, -0.25) is 9.89 Å². The van der Waals surface area contributed by atoms with Gasteiger partial charge in [0.05, 0.1) is 11.2 Å². The smallest absolute Gasteiger partial charge is 0.420 e. The van der Waals surface area contributed by atoms with E-state index in [1.165, 1.54) is 24.3 Å². The number of carbonyl (C=O) groups excluding carboxylic acids is 1. The lowest BCUT2D eigenvalue weighted by atomic mass is 10.0. The molecule has 0 atom stereocenters. The fraction of sp³-hybridized carbons (Fsp3) is 0.182. The fourth-order valence-electron chi connectivity index (χ4n) is 3.42. The maximum absolute atomic E-state index is 12.9. The van der Waals surface area contributed by atoms with Gasteiger partial charge < -0.3 is 14.6 Å². The van der Waals surface area contributed by atoms with Crippen LogP contribution in [0.15, 0.2) is 60.9 Å². The van der Waals surface area contributed by atoms with Gasteiger partial charge in [-0.1, -0.05) is 0 Å². The number of H-pyrrole nitrogens is 1. The van der Waals surface area contributed by atoms with Crippen LogP contribution >= 0.6 is 11.6 Å². The SMILES string of the molecule is CC(C)n1ccc2cc(C(=O)Nc3ccc(OC(F)(F)Cl)cc3)cc(-c3ccn[nH]3)c21. The molecule has 160 valence electrons. The van der Waals surface area contributed by atoms with Crippen molar-refractivity contribution in [2.45, 2.75) is 25.5 Å². The third-order valence-corrected chi connectivity index (χ3v) is 4.84. The van der Waals surface area contributed by atoms with Crippen LogP contribution in [0.1, 0.15) is 30.2 Å². The average Bonchev–Trinajstić information content (AvgIpc) is 3.37. The monoisotopic (exact) mass is 444 g/mol. The summed E-state index contributed by atoms with van der Waals surface area (Å²) in [7, 11) is 0. The molecule has 0 aliphatic carbocycles. The van der Waals surface area contributed by atoms with Gasteiger partial charge in [-0.05, 0) is 62.4 Å². The summed E-state index contributed by atoms with van der Waals surface area (Å²) in [4.78, 5) is 12.9. The Hall–Kier alpha value is -3.39. The van der Waals surface area contributed by atoms with Gasteiger partial charge in [-0.2, -0.15) is 5.10 Å². The number of nitrogens with one attached hydrogen (secondary N) is 2. The number of carbonyl (C=O) groups is 1. The maximum atomic E-state index is 12.9. The molecule has 1 amide bonds. The van der Waals surface area contributed by atoms with Crippen LogP contribution in [-0.4, -0.2) is 26.2 Å². The number of aromatic nitrogens is 3. The standard InChI is InChI=1S/C22H19ClF2N4O2/c1-13(2)29-10-8-14-11-15(12-18(20(14)29)19-7-9-26-28-19)21(30)27-16-3-5-17(6-4-16)31-22(23,24)25/h3-13H,1-2H3,(H,26,28)(H,27,30). The molecule has 0 spiro atoms. The number of fused-ring (bicyclic) bond motifs is 1. The molecule has 2 N–H and O–H groups in total. The van der Waals surface area contributed by atoms with E-state index in [9.17, 15) is 13.6 Å². The molecule has 0 saturated heterocycles. The predicted octanol–water partition coefficient (Wildman–Crippen LogP) is 6.03. The highest BCUT2D eigenvalue weighted by Crippen LogP contribution is 2.32. The second kappa shape index (κ2) is 8.03. The van der Waals surface area contributed by atoms with E-state index >= 15 is 0 Å². The Kier molecular flexibility index (Phi) is 5.41. The van der Waals surface area contributed by atoms with Gasteiger partial charge in [0.1, 0.15) is 5.75 Å². The van der Waals surface area contributed by atoms with Crippen molar-refractivity contribution in [1.82, 2.24) is 14.8 Å². The minimum atomic E-state index is -3.80. The number of hydrogen-bond donors (Lipinski definition) is 2. The summed E-state index contributed by atoms with van der Waals surface area (Å²) in [6, 6.07) is 13.2. The molecule has 4 aromatic rings. The van der Waals surface area contributed by atoms with Gasteiger partial charge in [-0.15, -0.1) is 8.78 Å². The van der Waals surface area contributed by atoms with Crippen molar-refractivity contribution in [1.29, 1.82) is 0 Å². The average molecular weight is 445 g/mol. The topological polar surface area (TPSA) is 71.9 Å². The Morgan fingerprint density at radius 2 is 1.94 bits per heavy atom. The highest BCUT2D eigenvalue weighted by Gasteiger charge is 2.27. The van der Waals surface area contributed by atoms with Crippen molar-refractivity contribution in [3.05, 3.63) is 66.5 Å². The number of ether oxygens (including phenoxy) is 1. The lowest BCUT2D eigenvalue weighted by molar-refractivity contribution is -0.0964. The molecule has 2 aromatic heterocycles. The summed E-state index contributed by atoms with van der Waals surface area (Å²) >= 11 is 4.76. The van der Waals surface area contributed by atoms with Crippen LogP contribution in [0.25, 0.3) is 22.2 Å². The van der Waals surface area contributed by atoms with E-state index in [-0.39, 0.29) is 17.7 Å². The van der Waals surface area contributed by atoms with Crippen LogP contribution in [0.3, 0.4) is 0 Å². The molecule has 6 nitrogen and oxygen atoms in total. The first-order chi connectivity index (χ1) is 14.7. The molecular formula is C22H19ClF2N4O2. The van der Waals surface area contributed by atoms with Crippen molar-refractivity contribution in [3.8, 4) is 17.0 Å². The van der Waals surface area contributed by atoms with Crippen molar-refractivity contribution >= 4 is 34.1 Å². The van der Waals surface area contributed by atoms with Crippen LogP contribution in [0.4, 0.5) is 14.5 Å². The van der Waals surface area contributed by atoms with Gasteiger partial charge in [-0.25, -0.2) is 0 Å². The van der Waals surface area contributed by atoms with Gasteiger partial charge >= 0.3 is 5.57 Å². The number of hydrogen-bond acceptors (Lipinski definition) is 3. The Balaban J connectivity index is 1.66. The number of halogens is 3. The lowest BCUT2D eigenvalue weighted by Gasteiger charge is -2.14. The van der Waals surface area contributed by atoms with Crippen LogP contribution in [0, 0.1) is 0 Å². The summed E-state index contributed by atoms with van der Waals surface area (Å²) in [5.74, 6) is -0.452. The Bertz CT molecular complexity index is 1210. The summed E-state index contributed by atoms with van der Waals surface area (Å²) in [5, 5.41) is 10.7. The summed E-state index contributed by atoms with van der Waals surface area (Å²) in [5.41, 5.74) is -0.269. The number of anilines is 1. The molecule has 0 bridgehead atoms. The van der Waals surface area contributed by atoms with Gasteiger partial charge in [0, 0.05) is 52.2 Å². The molecule has 0 unspecified atom stereocenters. The van der Waals surface area contributed by atoms with Crippen LogP contribution in [0.2, 0.25) is 0 Å². The quantitative estimate of drug-likeness (QED) is 0.356. The fourth-order valence-corrected chi connectivity index (χ4v) is 3.51. The highest BCUT2D eigenvalue weighted by atomic mass is 35.5. The van der Waals surface area contributed by atoms with E-state index < -0.39 is 5.57 Å². The molecule has 0 saturated carbocycles. The van der Waals surface area contributed by atoms with E-state index in [0.717, 1.165) is 22.2 Å². The molecule has 4 rings (SSSR count). The highest BCUT2D eigenvalue weighted by molar-refractivity contribution is 6.20. The van der Waals surface area contributed by atoms with Crippen LogP contribution in [-0.2, 0) is 0 Å². The first kappa shape index (κ1) is 20.9. The first-order valence-electron chi connectivity index (χ1n) is 9.53. The Labute approximate surface area is 181 Å². The van der Waals surface area contributed by atoms with Crippen molar-refractivity contribution in [2.75, 3.05) is 5.32 Å². The Morgan fingerprint density at radius 1 is 1.19 bits per heavy atom. The number of alkyl halides is 3. The molecule has 9 heteroatoms. The minimum absolute atomic E-state index is 0.115. The van der Waals surface area contributed by atoms with E-state index in [1.807, 2.05) is 24.4 Å². The third kappa shape index (κ3) is 4.54. The second-order valence-electron chi connectivity index (χ2n) is 7.28. The van der Waals surface area contributed by atoms with Crippen molar-refractivity contribution in [2.24, 2.45) is 0 Å². The van der Waals surface area contributed by atoms with E-state index in [4.69, 9.17) is 11.6 Å². The second-order valence-corrected chi connectivity index (χ2v) is 7.72. The molecule has 2 heterocycles. The third-order valence-electron chi connectivity index (χ3n) is 4.77. The zero-order valence-corrected chi connectivity index (χ0v) is 17.5. The normalized spacial score (nSPS) is 11.8. The molecule has 2 aromatic carbocycles. The van der Waals surface area contributed by atoms with E-state index in [2.05, 4.69) is 38.7 Å². The maximum Gasteiger partial charge on any atom is 0.487 e. The van der Waals surface area contributed by atoms with Gasteiger partial charge in [0.25, 0.3) is 5.91 Å². The number of nitrogens with zero attached hydrogens (tertiary/aromatic N) is 2. The molecule has 0 aliphatic rings. The number of aromatic amines is 1. The molecular weight excluding hydrogens is 426 g/mol. The van der Waals surface area contributed by atoms with Gasteiger partial charge in [0.2, 0.25) is 0 Å². The largest absolute Gasteiger partial charge is 0.487 e. The van der Waals surface area contributed by atoms with Crippen LogP contribution < -0.4 is 10.1 Å². The molecule has 0 fully saturated rings. The lowest BCUT2D eigenvalue weighted by Crippen LogP contribution is -2.16. The summed E-state index contributed by atoms with van der Waals surface area (Å²) in [6.07, 6.45) is 3.65. The zero-order valence-electron chi connectivity index (χ0n) is 16.7. The molecule has 0 aliphatic heterocycles. The van der Waals surface area contributed by atoms with Gasteiger partial charge in [0.15, 0.2) is 0 Å².